The predicted molar refractivity (Wildman–Crippen MR) is 61.6 cm³/mol. The van der Waals surface area contributed by atoms with Crippen LogP contribution in [0.2, 0.25) is 0 Å². The maximum absolute atomic E-state index is 13.1. The Bertz CT molecular complexity index is 409. The molecule has 2 N–H and O–H groups in total. The third kappa shape index (κ3) is 3.42. The first-order valence-corrected chi connectivity index (χ1v) is 5.28. The van der Waals surface area contributed by atoms with Crippen LogP contribution in [0.3, 0.4) is 0 Å². The van der Waals surface area contributed by atoms with E-state index < -0.39 is 12.0 Å². The lowest BCUT2D eigenvalue weighted by Gasteiger charge is -2.19. The highest BCUT2D eigenvalue weighted by Crippen LogP contribution is 2.25. The minimum absolute atomic E-state index is 0.313. The standard InChI is InChI=1S/C12H16FNO3/c1-7(14-8(2)12(15)16)10-6-9(13)4-5-11(10)17-3/h4-8,14H,1-3H3,(H,15,16). The Labute approximate surface area is 99.4 Å². The first kappa shape index (κ1) is 13.4. The topological polar surface area (TPSA) is 58.6 Å². The van der Waals surface area contributed by atoms with Gasteiger partial charge in [-0.2, -0.15) is 0 Å². The van der Waals surface area contributed by atoms with Gasteiger partial charge in [0.05, 0.1) is 7.11 Å². The molecular formula is C12H16FNO3. The average molecular weight is 241 g/mol. The van der Waals surface area contributed by atoms with Crippen molar-refractivity contribution < 1.29 is 19.0 Å². The van der Waals surface area contributed by atoms with E-state index in [-0.39, 0.29) is 11.9 Å². The monoisotopic (exact) mass is 241 g/mol. The third-order valence-corrected chi connectivity index (χ3v) is 2.53. The largest absolute Gasteiger partial charge is 0.496 e. The summed E-state index contributed by atoms with van der Waals surface area (Å²) >= 11 is 0. The summed E-state index contributed by atoms with van der Waals surface area (Å²) in [5, 5.41) is 11.6. The summed E-state index contributed by atoms with van der Waals surface area (Å²) in [6, 6.07) is 3.14. The van der Waals surface area contributed by atoms with Crippen molar-refractivity contribution in [2.45, 2.75) is 25.9 Å². The molecule has 0 saturated carbocycles. The van der Waals surface area contributed by atoms with Crippen molar-refractivity contribution in [2.24, 2.45) is 0 Å². The van der Waals surface area contributed by atoms with E-state index in [2.05, 4.69) is 5.32 Å². The van der Waals surface area contributed by atoms with E-state index >= 15 is 0 Å². The van der Waals surface area contributed by atoms with Gasteiger partial charge in [0.15, 0.2) is 0 Å². The molecule has 0 aliphatic carbocycles. The molecule has 0 amide bonds. The molecule has 0 aliphatic rings. The van der Waals surface area contributed by atoms with Crippen molar-refractivity contribution in [3.63, 3.8) is 0 Å². The Kier molecular flexibility index (Phi) is 4.45. The van der Waals surface area contributed by atoms with Crippen molar-refractivity contribution in [1.82, 2.24) is 5.32 Å². The second-order valence-corrected chi connectivity index (χ2v) is 3.83. The highest BCUT2D eigenvalue weighted by atomic mass is 19.1. The van der Waals surface area contributed by atoms with E-state index in [9.17, 15) is 9.18 Å². The van der Waals surface area contributed by atoms with Crippen LogP contribution < -0.4 is 10.1 Å². The molecule has 1 aromatic rings. The average Bonchev–Trinajstić information content (AvgIpc) is 2.28. The van der Waals surface area contributed by atoms with Crippen molar-refractivity contribution in [3.8, 4) is 5.75 Å². The lowest BCUT2D eigenvalue weighted by atomic mass is 10.1. The molecule has 0 heterocycles. The summed E-state index contributed by atoms with van der Waals surface area (Å²) in [7, 11) is 1.49. The number of ether oxygens (including phenoxy) is 1. The molecule has 0 spiro atoms. The van der Waals surface area contributed by atoms with Crippen molar-refractivity contribution in [1.29, 1.82) is 0 Å². The number of carboxylic acids is 1. The molecule has 2 atom stereocenters. The fourth-order valence-corrected chi connectivity index (χ4v) is 1.58. The highest BCUT2D eigenvalue weighted by molar-refractivity contribution is 5.72. The number of hydrogen-bond acceptors (Lipinski definition) is 3. The fraction of sp³-hybridized carbons (Fsp3) is 0.417. The van der Waals surface area contributed by atoms with E-state index in [0.717, 1.165) is 0 Å². The van der Waals surface area contributed by atoms with Gasteiger partial charge in [0.2, 0.25) is 0 Å². The van der Waals surface area contributed by atoms with Gasteiger partial charge in [0.1, 0.15) is 17.6 Å². The Morgan fingerprint density at radius 1 is 1.47 bits per heavy atom. The Hall–Kier alpha value is -1.62. The summed E-state index contributed by atoms with van der Waals surface area (Å²) in [5.41, 5.74) is 0.598. The van der Waals surface area contributed by atoms with Gasteiger partial charge in [-0.3, -0.25) is 10.1 Å². The highest BCUT2D eigenvalue weighted by Gasteiger charge is 2.18. The molecule has 0 aromatic heterocycles. The molecule has 1 aromatic carbocycles. The molecule has 0 bridgehead atoms. The zero-order valence-corrected chi connectivity index (χ0v) is 10.0. The quantitative estimate of drug-likeness (QED) is 0.827. The van der Waals surface area contributed by atoms with Crippen LogP contribution in [-0.2, 0) is 4.79 Å². The Morgan fingerprint density at radius 3 is 2.65 bits per heavy atom. The van der Waals surface area contributed by atoms with E-state index in [1.54, 1.807) is 6.92 Å². The number of carbonyl (C=O) groups is 1. The number of methoxy groups -OCH3 is 1. The minimum Gasteiger partial charge on any atom is -0.496 e. The van der Waals surface area contributed by atoms with Gasteiger partial charge in [-0.05, 0) is 32.0 Å². The SMILES string of the molecule is COc1ccc(F)cc1C(C)NC(C)C(=O)O. The minimum atomic E-state index is -0.952. The number of benzene rings is 1. The zero-order valence-electron chi connectivity index (χ0n) is 10.0. The first-order chi connectivity index (χ1) is 7.95. The number of nitrogens with one attached hydrogen (secondary N) is 1. The van der Waals surface area contributed by atoms with E-state index in [1.165, 1.54) is 32.2 Å². The van der Waals surface area contributed by atoms with Gasteiger partial charge < -0.3 is 9.84 Å². The molecule has 4 nitrogen and oxygen atoms in total. The zero-order chi connectivity index (χ0) is 13.0. The molecule has 0 saturated heterocycles. The molecule has 5 heteroatoms. The second-order valence-electron chi connectivity index (χ2n) is 3.83. The van der Waals surface area contributed by atoms with Crippen LogP contribution in [0, 0.1) is 5.82 Å². The van der Waals surface area contributed by atoms with Crippen molar-refractivity contribution in [2.75, 3.05) is 7.11 Å². The number of carboxylic acid groups (broad SMARTS) is 1. The molecule has 2 unspecified atom stereocenters. The lowest BCUT2D eigenvalue weighted by molar-refractivity contribution is -0.139. The van der Waals surface area contributed by atoms with E-state index in [4.69, 9.17) is 9.84 Å². The fourth-order valence-electron chi connectivity index (χ4n) is 1.58. The van der Waals surface area contributed by atoms with Crippen LogP contribution in [0.5, 0.6) is 5.75 Å². The van der Waals surface area contributed by atoms with Crippen LogP contribution >= 0.6 is 0 Å². The lowest BCUT2D eigenvalue weighted by Crippen LogP contribution is -2.35. The van der Waals surface area contributed by atoms with Crippen molar-refractivity contribution >= 4 is 5.97 Å². The maximum atomic E-state index is 13.1. The Morgan fingerprint density at radius 2 is 2.12 bits per heavy atom. The summed E-state index contributed by atoms with van der Waals surface area (Å²) in [6.07, 6.45) is 0. The summed E-state index contributed by atoms with van der Waals surface area (Å²) in [6.45, 7) is 3.29. The van der Waals surface area contributed by atoms with Crippen molar-refractivity contribution in [3.05, 3.63) is 29.6 Å². The van der Waals surface area contributed by atoms with E-state index in [1.807, 2.05) is 0 Å². The summed E-state index contributed by atoms with van der Waals surface area (Å²) < 4.78 is 18.2. The third-order valence-electron chi connectivity index (χ3n) is 2.53. The maximum Gasteiger partial charge on any atom is 0.320 e. The van der Waals surface area contributed by atoms with Crippen LogP contribution in [0.15, 0.2) is 18.2 Å². The number of hydrogen-bond donors (Lipinski definition) is 2. The first-order valence-electron chi connectivity index (χ1n) is 5.28. The molecule has 17 heavy (non-hydrogen) atoms. The molecule has 1 rings (SSSR count). The van der Waals surface area contributed by atoms with Crippen LogP contribution in [-0.4, -0.2) is 24.2 Å². The normalized spacial score (nSPS) is 14.1. The van der Waals surface area contributed by atoms with Gasteiger partial charge in [0.25, 0.3) is 0 Å². The molecule has 0 fully saturated rings. The smallest absolute Gasteiger partial charge is 0.320 e. The number of halogens is 1. The van der Waals surface area contributed by atoms with Gasteiger partial charge in [-0.15, -0.1) is 0 Å². The molecular weight excluding hydrogens is 225 g/mol. The van der Waals surface area contributed by atoms with Gasteiger partial charge >= 0.3 is 5.97 Å². The van der Waals surface area contributed by atoms with Crippen LogP contribution in [0.1, 0.15) is 25.5 Å². The molecule has 94 valence electrons. The van der Waals surface area contributed by atoms with E-state index in [0.29, 0.717) is 11.3 Å². The molecule has 0 aliphatic heterocycles. The summed E-state index contributed by atoms with van der Waals surface area (Å²) in [5.74, 6) is -0.798. The number of aliphatic carboxylic acids is 1. The van der Waals surface area contributed by atoms with Gasteiger partial charge in [-0.1, -0.05) is 0 Å². The van der Waals surface area contributed by atoms with Crippen LogP contribution in [0.4, 0.5) is 4.39 Å². The summed E-state index contributed by atoms with van der Waals surface area (Å²) in [4.78, 5) is 10.7. The predicted octanol–water partition coefficient (Wildman–Crippen LogP) is 1.96. The second kappa shape index (κ2) is 5.63. The van der Waals surface area contributed by atoms with Crippen LogP contribution in [0.25, 0.3) is 0 Å². The Balaban J connectivity index is 2.90. The van der Waals surface area contributed by atoms with Gasteiger partial charge in [0, 0.05) is 11.6 Å². The van der Waals surface area contributed by atoms with Gasteiger partial charge in [-0.25, -0.2) is 4.39 Å². The number of rotatable bonds is 5. The molecule has 0 radical (unpaired) electrons.